The average Bonchev–Trinajstić information content (AvgIpc) is 2.85. The fourth-order valence-corrected chi connectivity index (χ4v) is 3.24. The second-order valence-electron chi connectivity index (χ2n) is 6.56. The van der Waals surface area contributed by atoms with Gasteiger partial charge >= 0.3 is 0 Å². The Morgan fingerprint density at radius 2 is 1.92 bits per heavy atom. The highest BCUT2D eigenvalue weighted by atomic mass is 19.1. The third-order valence-corrected chi connectivity index (χ3v) is 4.58. The zero-order valence-corrected chi connectivity index (χ0v) is 14.3. The van der Waals surface area contributed by atoms with E-state index in [0.717, 1.165) is 0 Å². The number of piperazine rings is 1. The van der Waals surface area contributed by atoms with Crippen LogP contribution >= 0.6 is 0 Å². The highest BCUT2D eigenvalue weighted by Crippen LogP contribution is 2.18. The summed E-state index contributed by atoms with van der Waals surface area (Å²) < 4.78 is 24.3. The second kappa shape index (κ2) is 7.93. The van der Waals surface area contributed by atoms with E-state index in [2.05, 4.69) is 0 Å². The van der Waals surface area contributed by atoms with Crippen molar-refractivity contribution in [1.29, 1.82) is 0 Å². The molecule has 136 valence electrons. The lowest BCUT2D eigenvalue weighted by molar-refractivity contribution is -0.156. The summed E-state index contributed by atoms with van der Waals surface area (Å²) in [7, 11) is 0. The van der Waals surface area contributed by atoms with Gasteiger partial charge in [-0.3, -0.25) is 9.59 Å². The third-order valence-electron chi connectivity index (χ3n) is 4.58. The summed E-state index contributed by atoms with van der Waals surface area (Å²) in [5.41, 5.74) is 0.673. The van der Waals surface area contributed by atoms with E-state index in [4.69, 9.17) is 9.47 Å². The van der Waals surface area contributed by atoms with E-state index in [0.29, 0.717) is 38.5 Å². The Balaban J connectivity index is 1.64. The van der Waals surface area contributed by atoms with Crippen LogP contribution in [0.1, 0.15) is 12.5 Å². The van der Waals surface area contributed by atoms with Crippen molar-refractivity contribution >= 4 is 11.8 Å². The minimum atomic E-state index is -0.543. The molecule has 2 aliphatic rings. The minimum absolute atomic E-state index is 0.00806. The molecule has 2 fully saturated rings. The van der Waals surface area contributed by atoms with Crippen molar-refractivity contribution in [3.8, 4) is 0 Å². The standard InChI is InChI=1S/C18H23FN2O4/c1-13-18(23)20(8-14-3-2-4-16(19)7-14)10-17(22)21(13)9-15-11-24-5-6-25-12-15/h2-4,7,13,15H,5-6,8-12H2,1H3/t13-/m0/s1. The maximum Gasteiger partial charge on any atom is 0.245 e. The van der Waals surface area contributed by atoms with E-state index in [1.807, 2.05) is 0 Å². The first-order valence-electron chi connectivity index (χ1n) is 8.53. The Morgan fingerprint density at radius 1 is 1.20 bits per heavy atom. The second-order valence-corrected chi connectivity index (χ2v) is 6.56. The summed E-state index contributed by atoms with van der Waals surface area (Å²) >= 11 is 0. The summed E-state index contributed by atoms with van der Waals surface area (Å²) in [6, 6.07) is 5.54. The fraction of sp³-hybridized carbons (Fsp3) is 0.556. The molecule has 1 atom stereocenters. The van der Waals surface area contributed by atoms with Crippen LogP contribution in [0.25, 0.3) is 0 Å². The molecule has 0 aromatic heterocycles. The summed E-state index contributed by atoms with van der Waals surface area (Å²) in [6.45, 7) is 4.58. The number of ether oxygens (including phenoxy) is 2. The molecule has 0 aliphatic carbocycles. The molecule has 1 aromatic rings. The van der Waals surface area contributed by atoms with E-state index < -0.39 is 6.04 Å². The van der Waals surface area contributed by atoms with Crippen LogP contribution in [0.5, 0.6) is 0 Å². The van der Waals surface area contributed by atoms with Gasteiger partial charge in [0.25, 0.3) is 0 Å². The van der Waals surface area contributed by atoms with Gasteiger partial charge in [-0.2, -0.15) is 0 Å². The van der Waals surface area contributed by atoms with Crippen molar-refractivity contribution in [3.63, 3.8) is 0 Å². The number of hydrogen-bond donors (Lipinski definition) is 0. The predicted octanol–water partition coefficient (Wildman–Crippen LogP) is 1.05. The number of carbonyl (C=O) groups excluding carboxylic acids is 2. The summed E-state index contributed by atoms with van der Waals surface area (Å²) in [5.74, 6) is -0.514. The number of carbonyl (C=O) groups is 2. The number of benzene rings is 1. The monoisotopic (exact) mass is 350 g/mol. The van der Waals surface area contributed by atoms with Crippen LogP contribution in [-0.4, -0.2) is 67.2 Å². The van der Waals surface area contributed by atoms with Gasteiger partial charge in [0.1, 0.15) is 18.4 Å². The van der Waals surface area contributed by atoms with Crippen molar-refractivity contribution in [2.75, 3.05) is 39.5 Å². The van der Waals surface area contributed by atoms with E-state index in [9.17, 15) is 14.0 Å². The van der Waals surface area contributed by atoms with Gasteiger partial charge < -0.3 is 19.3 Å². The van der Waals surface area contributed by atoms with Crippen LogP contribution in [0.3, 0.4) is 0 Å². The fourth-order valence-electron chi connectivity index (χ4n) is 3.24. The molecular formula is C18H23FN2O4. The molecule has 0 N–H and O–H groups in total. The first-order chi connectivity index (χ1) is 12.0. The van der Waals surface area contributed by atoms with E-state index in [1.54, 1.807) is 24.0 Å². The normalized spacial score (nSPS) is 23.0. The number of amides is 2. The molecule has 0 bridgehead atoms. The SMILES string of the molecule is C[C@H]1C(=O)N(Cc2cccc(F)c2)CC(=O)N1CC1COCCOC1. The molecule has 25 heavy (non-hydrogen) atoms. The van der Waals surface area contributed by atoms with Crippen LogP contribution in [0.4, 0.5) is 4.39 Å². The largest absolute Gasteiger partial charge is 0.379 e. The zero-order chi connectivity index (χ0) is 17.8. The molecular weight excluding hydrogens is 327 g/mol. The molecule has 2 aliphatic heterocycles. The Kier molecular flexibility index (Phi) is 5.65. The van der Waals surface area contributed by atoms with Crippen molar-refractivity contribution < 1.29 is 23.5 Å². The topological polar surface area (TPSA) is 59.1 Å². The van der Waals surface area contributed by atoms with Crippen LogP contribution < -0.4 is 0 Å². The molecule has 0 radical (unpaired) electrons. The number of nitrogens with zero attached hydrogens (tertiary/aromatic N) is 2. The molecule has 3 rings (SSSR count). The third kappa shape index (κ3) is 4.35. The Bertz CT molecular complexity index is 631. The highest BCUT2D eigenvalue weighted by molar-refractivity contribution is 5.94. The Hall–Kier alpha value is -1.99. The van der Waals surface area contributed by atoms with Crippen molar-refractivity contribution in [1.82, 2.24) is 9.80 Å². The summed E-state index contributed by atoms with van der Waals surface area (Å²) in [5, 5.41) is 0. The van der Waals surface area contributed by atoms with Crippen LogP contribution in [0.15, 0.2) is 24.3 Å². The maximum absolute atomic E-state index is 13.3. The van der Waals surface area contributed by atoms with Crippen molar-refractivity contribution in [2.24, 2.45) is 5.92 Å². The van der Waals surface area contributed by atoms with E-state index in [1.165, 1.54) is 17.0 Å². The molecule has 6 nitrogen and oxygen atoms in total. The molecule has 0 saturated carbocycles. The van der Waals surface area contributed by atoms with Gasteiger partial charge in [0, 0.05) is 19.0 Å². The highest BCUT2D eigenvalue weighted by Gasteiger charge is 2.37. The van der Waals surface area contributed by atoms with Gasteiger partial charge in [0.15, 0.2) is 0 Å². The van der Waals surface area contributed by atoms with Gasteiger partial charge in [-0.1, -0.05) is 12.1 Å². The smallest absolute Gasteiger partial charge is 0.245 e. The van der Waals surface area contributed by atoms with Gasteiger partial charge in [-0.15, -0.1) is 0 Å². The summed E-state index contributed by atoms with van der Waals surface area (Å²) in [4.78, 5) is 28.3. The van der Waals surface area contributed by atoms with E-state index in [-0.39, 0.29) is 36.6 Å². The van der Waals surface area contributed by atoms with Crippen LogP contribution in [0, 0.1) is 11.7 Å². The lowest BCUT2D eigenvalue weighted by atomic mass is 10.1. The minimum Gasteiger partial charge on any atom is -0.379 e. The molecule has 2 saturated heterocycles. The summed E-state index contributed by atoms with van der Waals surface area (Å²) in [6.07, 6.45) is 0. The predicted molar refractivity (Wildman–Crippen MR) is 88.1 cm³/mol. The Morgan fingerprint density at radius 3 is 2.60 bits per heavy atom. The maximum atomic E-state index is 13.3. The van der Waals surface area contributed by atoms with Crippen molar-refractivity contribution in [3.05, 3.63) is 35.6 Å². The lowest BCUT2D eigenvalue weighted by Gasteiger charge is -2.40. The molecule has 2 amide bonds. The quantitative estimate of drug-likeness (QED) is 0.814. The molecule has 1 aromatic carbocycles. The zero-order valence-electron chi connectivity index (χ0n) is 14.3. The number of hydrogen-bond acceptors (Lipinski definition) is 4. The van der Waals surface area contributed by atoms with Crippen molar-refractivity contribution in [2.45, 2.75) is 19.5 Å². The number of halogens is 1. The molecule has 7 heteroatoms. The van der Waals surface area contributed by atoms with Gasteiger partial charge in [0.05, 0.1) is 26.4 Å². The van der Waals surface area contributed by atoms with Crippen LogP contribution in [0.2, 0.25) is 0 Å². The number of rotatable bonds is 4. The average molecular weight is 350 g/mol. The van der Waals surface area contributed by atoms with Crippen LogP contribution in [-0.2, 0) is 25.6 Å². The van der Waals surface area contributed by atoms with Gasteiger partial charge in [0.2, 0.25) is 11.8 Å². The molecule has 2 heterocycles. The molecule has 0 spiro atoms. The first-order valence-corrected chi connectivity index (χ1v) is 8.53. The first kappa shape index (κ1) is 17.8. The Labute approximate surface area is 146 Å². The van der Waals surface area contributed by atoms with E-state index >= 15 is 0 Å². The lowest BCUT2D eigenvalue weighted by Crippen LogP contribution is -2.59. The van der Waals surface area contributed by atoms with Gasteiger partial charge in [-0.05, 0) is 24.6 Å². The van der Waals surface area contributed by atoms with Gasteiger partial charge in [-0.25, -0.2) is 4.39 Å². The molecule has 0 unspecified atom stereocenters.